The van der Waals surface area contributed by atoms with Gasteiger partial charge in [-0.05, 0) is 49.9 Å². The largest absolute Gasteiger partial charge is 0.477 e. The van der Waals surface area contributed by atoms with Crippen LogP contribution < -0.4 is 14.8 Å². The van der Waals surface area contributed by atoms with Gasteiger partial charge in [0.2, 0.25) is 5.88 Å². The van der Waals surface area contributed by atoms with Crippen molar-refractivity contribution in [1.29, 1.82) is 0 Å². The molecule has 4 rings (SSSR count). The molecule has 0 aliphatic heterocycles. The minimum atomic E-state index is -4.30. The third kappa shape index (κ3) is 6.79. The monoisotopic (exact) mass is 586 g/mol. The first-order valence-corrected chi connectivity index (χ1v) is 14.0. The van der Waals surface area contributed by atoms with Crippen molar-refractivity contribution in [3.05, 3.63) is 53.3 Å². The van der Waals surface area contributed by atoms with E-state index < -0.39 is 27.5 Å². The second-order valence-electron chi connectivity index (χ2n) is 9.06. The Labute approximate surface area is 228 Å². The summed E-state index contributed by atoms with van der Waals surface area (Å²) in [5, 5.41) is 6.50. The molecular formula is C24H26ClF3N6O4S. The van der Waals surface area contributed by atoms with Gasteiger partial charge in [-0.2, -0.15) is 21.6 Å². The first-order valence-electron chi connectivity index (χ1n) is 12.1. The number of aromatic nitrogens is 4. The van der Waals surface area contributed by atoms with Crippen molar-refractivity contribution < 1.29 is 31.1 Å². The lowest BCUT2D eigenvalue weighted by Crippen LogP contribution is -2.31. The number of nitrogens with zero attached hydrogens (tertiary/aromatic N) is 4. The summed E-state index contributed by atoms with van der Waals surface area (Å²) in [7, 11) is -4.30. The molecule has 0 aromatic carbocycles. The number of rotatable bonds is 12. The second-order valence-corrected chi connectivity index (χ2v) is 11.0. The van der Waals surface area contributed by atoms with Crippen LogP contribution in [0.5, 0.6) is 5.88 Å². The molecular weight excluding hydrogens is 561 g/mol. The van der Waals surface area contributed by atoms with Crippen molar-refractivity contribution in [3.8, 4) is 11.7 Å². The molecule has 0 saturated heterocycles. The Kier molecular flexibility index (Phi) is 8.35. The van der Waals surface area contributed by atoms with Crippen LogP contribution in [0.1, 0.15) is 49.4 Å². The summed E-state index contributed by atoms with van der Waals surface area (Å²) >= 11 is 6.16. The Hall–Kier alpha value is -3.39. The Bertz CT molecular complexity index is 1440. The second kappa shape index (κ2) is 11.4. The summed E-state index contributed by atoms with van der Waals surface area (Å²) < 4.78 is 73.2. The zero-order chi connectivity index (χ0) is 28.3. The van der Waals surface area contributed by atoms with Gasteiger partial charge in [0.25, 0.3) is 15.9 Å². The Morgan fingerprint density at radius 2 is 1.95 bits per heavy atom. The van der Waals surface area contributed by atoms with Crippen LogP contribution >= 0.6 is 11.6 Å². The molecule has 1 aliphatic carbocycles. The number of ether oxygens (including phenoxy) is 1. The number of anilines is 1. The maximum absolute atomic E-state index is 13.1. The van der Waals surface area contributed by atoms with Gasteiger partial charge in [0.05, 0.1) is 17.6 Å². The summed E-state index contributed by atoms with van der Waals surface area (Å²) in [6.07, 6.45) is -0.927. The highest BCUT2D eigenvalue weighted by molar-refractivity contribution is 7.90. The number of alkyl halides is 3. The van der Waals surface area contributed by atoms with Gasteiger partial charge in [0, 0.05) is 18.8 Å². The van der Waals surface area contributed by atoms with Gasteiger partial charge in [-0.1, -0.05) is 31.0 Å². The topological polar surface area (TPSA) is 128 Å². The first kappa shape index (κ1) is 28.6. The Morgan fingerprint density at radius 1 is 1.18 bits per heavy atom. The van der Waals surface area contributed by atoms with E-state index in [2.05, 4.69) is 20.4 Å². The Balaban J connectivity index is 1.38. The predicted octanol–water partition coefficient (Wildman–Crippen LogP) is 4.76. The molecule has 3 aromatic heterocycles. The molecule has 3 aromatic rings. The van der Waals surface area contributed by atoms with Gasteiger partial charge < -0.3 is 10.1 Å². The molecule has 1 saturated carbocycles. The van der Waals surface area contributed by atoms with Crippen molar-refractivity contribution in [2.45, 2.75) is 50.2 Å². The number of amides is 1. The van der Waals surface area contributed by atoms with Crippen LogP contribution in [0.3, 0.4) is 0 Å². The van der Waals surface area contributed by atoms with Crippen molar-refractivity contribution >= 4 is 33.3 Å². The van der Waals surface area contributed by atoms with Gasteiger partial charge in [0.15, 0.2) is 10.8 Å². The SMILES string of the molecule is CCCCNc1cccc(S(=O)(=O)NC(=O)c2ccc(-n3ccc(OCCC4(C(F)(F)F)CC4)n3)nc2Cl)n1. The average Bonchev–Trinajstić information content (AvgIpc) is 3.54. The zero-order valence-corrected chi connectivity index (χ0v) is 22.4. The van der Waals surface area contributed by atoms with Gasteiger partial charge in [-0.15, -0.1) is 5.10 Å². The molecule has 0 spiro atoms. The summed E-state index contributed by atoms with van der Waals surface area (Å²) in [5.74, 6) is -0.375. The molecule has 1 aliphatic rings. The molecule has 0 bridgehead atoms. The fourth-order valence-electron chi connectivity index (χ4n) is 3.70. The number of sulfonamides is 1. The highest BCUT2D eigenvalue weighted by Crippen LogP contribution is 2.59. The number of hydrogen-bond acceptors (Lipinski definition) is 8. The molecule has 15 heteroatoms. The van der Waals surface area contributed by atoms with Crippen LogP contribution in [0.15, 0.2) is 47.6 Å². The predicted molar refractivity (Wildman–Crippen MR) is 136 cm³/mol. The third-order valence-electron chi connectivity index (χ3n) is 6.23. The number of unbranched alkanes of at least 4 members (excludes halogenated alkanes) is 1. The molecule has 2 N–H and O–H groups in total. The van der Waals surface area contributed by atoms with Crippen molar-refractivity contribution in [3.63, 3.8) is 0 Å². The molecule has 0 unspecified atom stereocenters. The summed E-state index contributed by atoms with van der Waals surface area (Å²) in [5.41, 5.74) is -1.87. The molecule has 1 amide bonds. The number of nitrogens with one attached hydrogen (secondary N) is 2. The van der Waals surface area contributed by atoms with Crippen LogP contribution in [-0.2, 0) is 10.0 Å². The smallest absolute Gasteiger partial charge is 0.394 e. The van der Waals surface area contributed by atoms with Crippen LogP contribution in [0.25, 0.3) is 5.82 Å². The van der Waals surface area contributed by atoms with E-state index in [-0.39, 0.29) is 53.3 Å². The lowest BCUT2D eigenvalue weighted by molar-refractivity contribution is -0.190. The number of halogens is 4. The van der Waals surface area contributed by atoms with Crippen LogP contribution in [0, 0.1) is 5.41 Å². The minimum Gasteiger partial charge on any atom is -0.477 e. The number of carbonyl (C=O) groups excluding carboxylic acids is 1. The molecule has 0 radical (unpaired) electrons. The van der Waals surface area contributed by atoms with Crippen molar-refractivity contribution in [1.82, 2.24) is 24.5 Å². The highest BCUT2D eigenvalue weighted by Gasteiger charge is 2.62. The maximum Gasteiger partial charge on any atom is 0.394 e. The first-order chi connectivity index (χ1) is 18.4. The zero-order valence-electron chi connectivity index (χ0n) is 20.8. The summed E-state index contributed by atoms with van der Waals surface area (Å²) in [6.45, 7) is 2.49. The summed E-state index contributed by atoms with van der Waals surface area (Å²) in [6, 6.07) is 8.49. The maximum atomic E-state index is 13.1. The molecule has 1 fully saturated rings. The van der Waals surface area contributed by atoms with Crippen molar-refractivity contribution in [2.24, 2.45) is 5.41 Å². The van der Waals surface area contributed by atoms with Crippen molar-refractivity contribution in [2.75, 3.05) is 18.5 Å². The number of hydrogen-bond donors (Lipinski definition) is 2. The number of pyridine rings is 2. The van der Waals surface area contributed by atoms with E-state index in [1.54, 1.807) is 6.07 Å². The molecule has 3 heterocycles. The van der Waals surface area contributed by atoms with E-state index in [1.165, 1.54) is 41.2 Å². The van der Waals surface area contributed by atoms with Crippen LogP contribution in [-0.4, -0.2) is 53.4 Å². The summed E-state index contributed by atoms with van der Waals surface area (Å²) in [4.78, 5) is 20.8. The average molecular weight is 587 g/mol. The van der Waals surface area contributed by atoms with E-state index in [1.807, 2.05) is 11.6 Å². The Morgan fingerprint density at radius 3 is 2.62 bits per heavy atom. The normalized spacial score (nSPS) is 14.6. The van der Waals surface area contributed by atoms with E-state index in [4.69, 9.17) is 16.3 Å². The highest BCUT2D eigenvalue weighted by atomic mass is 35.5. The van der Waals surface area contributed by atoms with Gasteiger partial charge in [-0.3, -0.25) is 4.79 Å². The number of carbonyl (C=O) groups is 1. The fourth-order valence-corrected chi connectivity index (χ4v) is 4.87. The van der Waals surface area contributed by atoms with E-state index in [0.29, 0.717) is 12.4 Å². The molecule has 39 heavy (non-hydrogen) atoms. The molecule has 210 valence electrons. The fraction of sp³-hybridized carbons (Fsp3) is 0.417. The van der Waals surface area contributed by atoms with E-state index in [0.717, 1.165) is 12.8 Å². The lowest BCUT2D eigenvalue weighted by atomic mass is 10.0. The third-order valence-corrected chi connectivity index (χ3v) is 7.75. The van der Waals surface area contributed by atoms with Crippen LogP contribution in [0.2, 0.25) is 5.15 Å². The minimum absolute atomic E-state index is 0.0943. The van der Waals surface area contributed by atoms with E-state index >= 15 is 0 Å². The van der Waals surface area contributed by atoms with Gasteiger partial charge in [0.1, 0.15) is 11.0 Å². The lowest BCUT2D eigenvalue weighted by Gasteiger charge is -2.18. The standard InChI is InChI=1S/C24H26ClF3N6O4S/c1-2-3-13-29-17-5-4-6-20(30-17)39(36,37)33-22(35)16-7-8-18(31-21(16)25)34-14-9-19(32-34)38-15-12-23(10-11-23)24(26,27)28/h4-9,14H,2-3,10-13,15H2,1H3,(H,29,30)(H,33,35). The van der Waals surface area contributed by atoms with Gasteiger partial charge in [-0.25, -0.2) is 19.4 Å². The van der Waals surface area contributed by atoms with E-state index in [9.17, 15) is 26.4 Å². The van der Waals surface area contributed by atoms with Crippen LogP contribution in [0.4, 0.5) is 19.0 Å². The molecule has 10 nitrogen and oxygen atoms in total. The molecule has 0 atom stereocenters. The van der Waals surface area contributed by atoms with Gasteiger partial charge >= 0.3 is 6.18 Å². The quantitative estimate of drug-likeness (QED) is 0.230.